The Bertz CT molecular complexity index is 410. The number of benzene rings is 1. The summed E-state index contributed by atoms with van der Waals surface area (Å²) in [4.78, 5) is 12.5. The normalized spacial score (nSPS) is 11.3. The fourth-order valence-corrected chi connectivity index (χ4v) is 2.22. The number of amides is 1. The zero-order valence-electron chi connectivity index (χ0n) is 10.6. The molecule has 0 aliphatic heterocycles. The van der Waals surface area contributed by atoms with Gasteiger partial charge >= 0.3 is 0 Å². The van der Waals surface area contributed by atoms with Crippen LogP contribution in [0.25, 0.3) is 0 Å². The van der Waals surface area contributed by atoms with Crippen LogP contribution in [-0.4, -0.2) is 29.9 Å². The summed E-state index contributed by atoms with van der Waals surface area (Å²) in [5.74, 6) is 0.270. The lowest BCUT2D eigenvalue weighted by molar-refractivity contribution is -0.119. The van der Waals surface area contributed by atoms with Gasteiger partial charge in [-0.3, -0.25) is 4.79 Å². The largest absolute Gasteiger partial charge is 0.396 e. The van der Waals surface area contributed by atoms with Gasteiger partial charge in [-0.15, -0.1) is 11.8 Å². The minimum absolute atomic E-state index is 0.0466. The van der Waals surface area contributed by atoms with Gasteiger partial charge in [-0.2, -0.15) is 0 Å². The van der Waals surface area contributed by atoms with E-state index in [2.05, 4.69) is 5.32 Å². The third kappa shape index (κ3) is 5.29. The lowest BCUT2D eigenvalue weighted by atomic mass is 9.95. The summed E-state index contributed by atoms with van der Waals surface area (Å²) in [6.07, 6.45) is 0. The molecule has 0 atom stereocenters. The summed E-state index contributed by atoms with van der Waals surface area (Å²) < 4.78 is 0. The maximum Gasteiger partial charge on any atom is 0.230 e. The monoisotopic (exact) mass is 287 g/mol. The summed E-state index contributed by atoms with van der Waals surface area (Å²) in [5, 5.41) is 12.5. The second-order valence-corrected chi connectivity index (χ2v) is 6.24. The molecule has 0 heterocycles. The predicted molar refractivity (Wildman–Crippen MR) is 76.1 cm³/mol. The zero-order chi connectivity index (χ0) is 13.6. The van der Waals surface area contributed by atoms with Crippen LogP contribution < -0.4 is 5.32 Å². The van der Waals surface area contributed by atoms with Gasteiger partial charge in [0, 0.05) is 23.5 Å². The average Bonchev–Trinajstić information content (AvgIpc) is 2.35. The number of carbonyl (C=O) groups excluding carboxylic acids is 1. The molecule has 1 rings (SSSR count). The fraction of sp³-hybridized carbons (Fsp3) is 0.462. The van der Waals surface area contributed by atoms with E-state index in [4.69, 9.17) is 16.7 Å². The van der Waals surface area contributed by atoms with E-state index in [0.29, 0.717) is 17.3 Å². The molecule has 3 nitrogen and oxygen atoms in total. The first kappa shape index (κ1) is 15.3. The van der Waals surface area contributed by atoms with Gasteiger partial charge in [0.1, 0.15) is 0 Å². The van der Waals surface area contributed by atoms with Crippen LogP contribution in [0.4, 0.5) is 0 Å². The van der Waals surface area contributed by atoms with E-state index in [0.717, 1.165) is 4.90 Å². The highest BCUT2D eigenvalue weighted by atomic mass is 35.5. The molecule has 1 amide bonds. The highest BCUT2D eigenvalue weighted by molar-refractivity contribution is 8.00. The minimum Gasteiger partial charge on any atom is -0.396 e. The summed E-state index contributed by atoms with van der Waals surface area (Å²) in [6, 6.07) is 7.44. The van der Waals surface area contributed by atoms with Crippen molar-refractivity contribution in [2.24, 2.45) is 5.41 Å². The topological polar surface area (TPSA) is 49.3 Å². The molecule has 2 N–H and O–H groups in total. The molecular formula is C13H18ClNO2S. The Kier molecular flexibility index (Phi) is 5.99. The van der Waals surface area contributed by atoms with Crippen molar-refractivity contribution >= 4 is 29.3 Å². The number of halogens is 1. The molecule has 18 heavy (non-hydrogen) atoms. The average molecular weight is 288 g/mol. The second kappa shape index (κ2) is 7.02. The molecule has 1 aromatic rings. The first-order valence-electron chi connectivity index (χ1n) is 5.69. The lowest BCUT2D eigenvalue weighted by Crippen LogP contribution is -2.36. The van der Waals surface area contributed by atoms with Crippen LogP contribution in [0.3, 0.4) is 0 Å². The SMILES string of the molecule is CC(C)(CO)CNC(=O)CSc1ccccc1Cl. The van der Waals surface area contributed by atoms with Crippen LogP contribution in [0.1, 0.15) is 13.8 Å². The number of hydrogen-bond acceptors (Lipinski definition) is 3. The number of carbonyl (C=O) groups is 1. The fourth-order valence-electron chi connectivity index (χ4n) is 1.15. The molecule has 0 radical (unpaired) electrons. The number of rotatable bonds is 6. The minimum atomic E-state index is -0.287. The van der Waals surface area contributed by atoms with Gasteiger partial charge < -0.3 is 10.4 Å². The third-order valence-electron chi connectivity index (χ3n) is 2.39. The maximum absolute atomic E-state index is 11.6. The molecule has 0 unspecified atom stereocenters. The van der Waals surface area contributed by atoms with Crippen molar-refractivity contribution in [2.45, 2.75) is 18.7 Å². The molecule has 0 bridgehead atoms. The molecule has 0 spiro atoms. The Balaban J connectivity index is 2.36. The highest BCUT2D eigenvalue weighted by Crippen LogP contribution is 2.26. The Morgan fingerprint density at radius 3 is 2.72 bits per heavy atom. The third-order valence-corrected chi connectivity index (χ3v) is 3.90. The number of nitrogens with one attached hydrogen (secondary N) is 1. The van der Waals surface area contributed by atoms with Crippen LogP contribution in [0.2, 0.25) is 5.02 Å². The van der Waals surface area contributed by atoms with Crippen molar-refractivity contribution in [1.82, 2.24) is 5.32 Å². The van der Waals surface area contributed by atoms with Crippen LogP contribution in [0.15, 0.2) is 29.2 Å². The Morgan fingerprint density at radius 2 is 2.11 bits per heavy atom. The molecular weight excluding hydrogens is 270 g/mol. The maximum atomic E-state index is 11.6. The van der Waals surface area contributed by atoms with E-state index >= 15 is 0 Å². The van der Waals surface area contributed by atoms with Gasteiger partial charge in [-0.05, 0) is 12.1 Å². The smallest absolute Gasteiger partial charge is 0.230 e. The summed E-state index contributed by atoms with van der Waals surface area (Å²) in [5.41, 5.74) is -0.287. The van der Waals surface area contributed by atoms with Gasteiger partial charge in [0.2, 0.25) is 5.91 Å². The van der Waals surface area contributed by atoms with Crippen LogP contribution in [-0.2, 0) is 4.79 Å². The van der Waals surface area contributed by atoms with E-state index in [-0.39, 0.29) is 17.9 Å². The molecule has 0 fully saturated rings. The predicted octanol–water partition coefficient (Wildman–Crippen LogP) is 2.57. The van der Waals surface area contributed by atoms with Crippen molar-refractivity contribution < 1.29 is 9.90 Å². The first-order valence-corrected chi connectivity index (χ1v) is 7.06. The number of thioether (sulfide) groups is 1. The Hall–Kier alpha value is -0.710. The van der Waals surface area contributed by atoms with Crippen LogP contribution in [0, 0.1) is 5.41 Å². The van der Waals surface area contributed by atoms with Crippen molar-refractivity contribution in [1.29, 1.82) is 0 Å². The van der Waals surface area contributed by atoms with Crippen molar-refractivity contribution in [3.63, 3.8) is 0 Å². The number of aliphatic hydroxyl groups is 1. The zero-order valence-corrected chi connectivity index (χ0v) is 12.1. The van der Waals surface area contributed by atoms with Crippen molar-refractivity contribution in [2.75, 3.05) is 18.9 Å². The lowest BCUT2D eigenvalue weighted by Gasteiger charge is -2.21. The van der Waals surface area contributed by atoms with E-state index < -0.39 is 0 Å². The summed E-state index contributed by atoms with van der Waals surface area (Å²) >= 11 is 7.40. The summed E-state index contributed by atoms with van der Waals surface area (Å²) in [7, 11) is 0. The quantitative estimate of drug-likeness (QED) is 0.791. The van der Waals surface area contributed by atoms with E-state index in [1.807, 2.05) is 32.0 Å². The van der Waals surface area contributed by atoms with E-state index in [9.17, 15) is 4.79 Å². The van der Waals surface area contributed by atoms with Gasteiger partial charge in [0.25, 0.3) is 0 Å². The molecule has 0 aliphatic carbocycles. The van der Waals surface area contributed by atoms with E-state index in [1.165, 1.54) is 11.8 Å². The van der Waals surface area contributed by atoms with Crippen LogP contribution in [0.5, 0.6) is 0 Å². The molecule has 100 valence electrons. The number of aliphatic hydroxyl groups excluding tert-OH is 1. The van der Waals surface area contributed by atoms with Crippen molar-refractivity contribution in [3.8, 4) is 0 Å². The second-order valence-electron chi connectivity index (χ2n) is 4.82. The highest BCUT2D eigenvalue weighted by Gasteiger charge is 2.17. The Morgan fingerprint density at radius 1 is 1.44 bits per heavy atom. The molecule has 5 heteroatoms. The van der Waals surface area contributed by atoms with Gasteiger partial charge in [-0.1, -0.05) is 37.6 Å². The van der Waals surface area contributed by atoms with Gasteiger partial charge in [-0.25, -0.2) is 0 Å². The molecule has 0 saturated carbocycles. The molecule has 0 saturated heterocycles. The molecule has 0 aromatic heterocycles. The molecule has 1 aromatic carbocycles. The van der Waals surface area contributed by atoms with E-state index in [1.54, 1.807) is 6.07 Å². The molecule has 0 aliphatic rings. The first-order chi connectivity index (χ1) is 8.44. The van der Waals surface area contributed by atoms with Gasteiger partial charge in [0.05, 0.1) is 10.8 Å². The Labute approximate surface area is 117 Å². The van der Waals surface area contributed by atoms with Gasteiger partial charge in [0.15, 0.2) is 0 Å². The summed E-state index contributed by atoms with van der Waals surface area (Å²) in [6.45, 7) is 4.30. The standard InChI is InChI=1S/C13H18ClNO2S/c1-13(2,9-16)8-15-12(17)7-18-11-6-4-3-5-10(11)14/h3-6,16H,7-9H2,1-2H3,(H,15,17). The van der Waals surface area contributed by atoms with Crippen LogP contribution >= 0.6 is 23.4 Å². The number of hydrogen-bond donors (Lipinski definition) is 2. The van der Waals surface area contributed by atoms with Crippen molar-refractivity contribution in [3.05, 3.63) is 29.3 Å².